The van der Waals surface area contributed by atoms with Crippen LogP contribution in [0.2, 0.25) is 0 Å². The number of carbonyl (C=O) groups is 1. The average molecular weight is 368 g/mol. The van der Waals surface area contributed by atoms with E-state index in [1.165, 1.54) is 16.4 Å². The Morgan fingerprint density at radius 1 is 1.16 bits per heavy atom. The fourth-order valence-corrected chi connectivity index (χ4v) is 5.60. The molecule has 138 valence electrons. The zero-order valence-electron chi connectivity index (χ0n) is 14.7. The van der Waals surface area contributed by atoms with Crippen LogP contribution in [0.25, 0.3) is 0 Å². The molecule has 25 heavy (non-hydrogen) atoms. The van der Waals surface area contributed by atoms with Crippen molar-refractivity contribution in [2.24, 2.45) is 5.92 Å². The second-order valence-corrected chi connectivity index (χ2v) is 9.05. The molecule has 0 saturated carbocycles. The Labute approximate surface area is 148 Å². The molecule has 2 saturated heterocycles. The highest BCUT2D eigenvalue weighted by molar-refractivity contribution is 7.89. The van der Waals surface area contributed by atoms with Crippen LogP contribution in [0.4, 0.5) is 4.39 Å². The first-order valence-corrected chi connectivity index (χ1v) is 10.3. The van der Waals surface area contributed by atoms with E-state index in [0.717, 1.165) is 18.9 Å². The van der Waals surface area contributed by atoms with Gasteiger partial charge in [0, 0.05) is 19.6 Å². The summed E-state index contributed by atoms with van der Waals surface area (Å²) in [5, 5.41) is 0. The van der Waals surface area contributed by atoms with Crippen LogP contribution in [-0.2, 0) is 14.8 Å². The lowest BCUT2D eigenvalue weighted by atomic mass is 9.98. The van der Waals surface area contributed by atoms with E-state index < -0.39 is 21.9 Å². The van der Waals surface area contributed by atoms with E-state index >= 15 is 0 Å². The molecular weight excluding hydrogens is 343 g/mol. The highest BCUT2D eigenvalue weighted by Gasteiger charge is 2.42. The third-order valence-electron chi connectivity index (χ3n) is 5.31. The first-order valence-electron chi connectivity index (χ1n) is 8.87. The summed E-state index contributed by atoms with van der Waals surface area (Å²) >= 11 is 0. The first kappa shape index (κ1) is 18.3. The van der Waals surface area contributed by atoms with Crippen molar-refractivity contribution in [3.8, 4) is 0 Å². The number of aryl methyl sites for hydroxylation is 1. The molecule has 2 aliphatic heterocycles. The van der Waals surface area contributed by atoms with Crippen LogP contribution in [0.5, 0.6) is 0 Å². The molecule has 0 aromatic heterocycles. The van der Waals surface area contributed by atoms with Gasteiger partial charge in [-0.1, -0.05) is 6.92 Å². The molecule has 0 aliphatic carbocycles. The van der Waals surface area contributed by atoms with Crippen LogP contribution in [0.1, 0.15) is 38.2 Å². The molecule has 0 spiro atoms. The molecule has 2 fully saturated rings. The largest absolute Gasteiger partial charge is 0.341 e. The maximum Gasteiger partial charge on any atom is 0.244 e. The van der Waals surface area contributed by atoms with E-state index in [1.807, 2.05) is 0 Å². The van der Waals surface area contributed by atoms with Crippen molar-refractivity contribution in [1.82, 2.24) is 9.21 Å². The molecule has 0 bridgehead atoms. The number of hydrogen-bond acceptors (Lipinski definition) is 3. The summed E-state index contributed by atoms with van der Waals surface area (Å²) in [5.41, 5.74) is 0.366. The number of rotatable bonds is 3. The lowest BCUT2D eigenvalue weighted by Crippen LogP contribution is -2.49. The van der Waals surface area contributed by atoms with Gasteiger partial charge in [0.15, 0.2) is 0 Å². The predicted molar refractivity (Wildman–Crippen MR) is 93.0 cm³/mol. The van der Waals surface area contributed by atoms with Crippen LogP contribution in [-0.4, -0.2) is 49.2 Å². The number of nitrogens with zero attached hydrogens (tertiary/aromatic N) is 2. The number of carbonyl (C=O) groups excluding carboxylic acids is 1. The van der Waals surface area contributed by atoms with Gasteiger partial charge in [-0.25, -0.2) is 12.8 Å². The van der Waals surface area contributed by atoms with Gasteiger partial charge in [0.1, 0.15) is 11.9 Å². The van der Waals surface area contributed by atoms with E-state index in [4.69, 9.17) is 0 Å². The Hall–Kier alpha value is -1.47. The molecule has 2 aliphatic rings. The molecule has 7 heteroatoms. The minimum Gasteiger partial charge on any atom is -0.341 e. The monoisotopic (exact) mass is 368 g/mol. The summed E-state index contributed by atoms with van der Waals surface area (Å²) in [6, 6.07) is 3.02. The Morgan fingerprint density at radius 3 is 2.48 bits per heavy atom. The SMILES string of the molecule is Cc1cc(F)ccc1S(=O)(=O)N1CCC[C@@H]1C(=O)N1CCC(C)CC1. The minimum absolute atomic E-state index is 0.0841. The molecule has 1 aromatic carbocycles. The third kappa shape index (κ3) is 3.58. The van der Waals surface area contributed by atoms with Crippen molar-refractivity contribution in [1.29, 1.82) is 0 Å². The normalized spacial score (nSPS) is 23.2. The smallest absolute Gasteiger partial charge is 0.244 e. The summed E-state index contributed by atoms with van der Waals surface area (Å²) in [4.78, 5) is 14.8. The first-order chi connectivity index (χ1) is 11.8. The molecule has 1 amide bonds. The number of halogens is 1. The summed E-state index contributed by atoms with van der Waals surface area (Å²) in [6.45, 7) is 5.47. The zero-order valence-corrected chi connectivity index (χ0v) is 15.6. The van der Waals surface area contributed by atoms with Crippen LogP contribution < -0.4 is 0 Å². The molecule has 3 rings (SSSR count). The summed E-state index contributed by atoms with van der Waals surface area (Å²) in [6.07, 6.45) is 3.13. The maximum atomic E-state index is 13.3. The second-order valence-electron chi connectivity index (χ2n) is 7.19. The Balaban J connectivity index is 1.84. The van der Waals surface area contributed by atoms with Crippen molar-refractivity contribution in [2.45, 2.75) is 50.5 Å². The van der Waals surface area contributed by atoms with Crippen LogP contribution in [0.15, 0.2) is 23.1 Å². The molecule has 1 atom stereocenters. The van der Waals surface area contributed by atoms with Crippen molar-refractivity contribution in [3.63, 3.8) is 0 Å². The third-order valence-corrected chi connectivity index (χ3v) is 7.38. The molecule has 0 radical (unpaired) electrons. The van der Waals surface area contributed by atoms with Gasteiger partial charge in [-0.2, -0.15) is 4.31 Å². The molecule has 5 nitrogen and oxygen atoms in total. The van der Waals surface area contributed by atoms with Crippen LogP contribution >= 0.6 is 0 Å². The lowest BCUT2D eigenvalue weighted by molar-refractivity contribution is -0.135. The second kappa shape index (κ2) is 7.03. The van der Waals surface area contributed by atoms with Crippen LogP contribution in [0.3, 0.4) is 0 Å². The molecule has 0 unspecified atom stereocenters. The number of sulfonamides is 1. The molecular formula is C18H25FN2O3S. The summed E-state index contributed by atoms with van der Waals surface area (Å²) < 4.78 is 40.7. The number of amides is 1. The predicted octanol–water partition coefficient (Wildman–Crippen LogP) is 2.55. The standard InChI is InChI=1S/C18H25FN2O3S/c1-13-7-10-20(11-8-13)18(22)16-4-3-9-21(16)25(23,24)17-6-5-15(19)12-14(17)2/h5-6,12-13,16H,3-4,7-11H2,1-2H3/t16-/m1/s1. The van der Waals surface area contributed by atoms with Gasteiger partial charge in [0.25, 0.3) is 0 Å². The number of hydrogen-bond donors (Lipinski definition) is 0. The number of piperidine rings is 1. The fourth-order valence-electron chi connectivity index (χ4n) is 3.74. The van der Waals surface area contributed by atoms with E-state index in [1.54, 1.807) is 11.8 Å². The Bertz CT molecular complexity index is 758. The summed E-state index contributed by atoms with van der Waals surface area (Å²) in [7, 11) is -3.81. The van der Waals surface area contributed by atoms with E-state index in [-0.39, 0.29) is 10.8 Å². The maximum absolute atomic E-state index is 13.3. The van der Waals surface area contributed by atoms with Crippen molar-refractivity contribution < 1.29 is 17.6 Å². The molecule has 2 heterocycles. The van der Waals surface area contributed by atoms with Gasteiger partial charge < -0.3 is 4.90 Å². The molecule has 1 aromatic rings. The van der Waals surface area contributed by atoms with Gasteiger partial charge in [-0.15, -0.1) is 0 Å². The van der Waals surface area contributed by atoms with Crippen LogP contribution in [0, 0.1) is 18.7 Å². The minimum atomic E-state index is -3.81. The average Bonchev–Trinajstić information content (AvgIpc) is 3.05. The fraction of sp³-hybridized carbons (Fsp3) is 0.611. The van der Waals surface area contributed by atoms with Gasteiger partial charge in [0.05, 0.1) is 4.90 Å². The quantitative estimate of drug-likeness (QED) is 0.824. The van der Waals surface area contributed by atoms with E-state index in [9.17, 15) is 17.6 Å². The highest BCUT2D eigenvalue weighted by Crippen LogP contribution is 2.30. The van der Waals surface area contributed by atoms with Crippen molar-refractivity contribution >= 4 is 15.9 Å². The molecule has 0 N–H and O–H groups in total. The Morgan fingerprint density at radius 2 is 1.84 bits per heavy atom. The van der Waals surface area contributed by atoms with E-state index in [0.29, 0.717) is 44.0 Å². The van der Waals surface area contributed by atoms with Gasteiger partial charge in [-0.05, 0) is 62.3 Å². The zero-order chi connectivity index (χ0) is 18.2. The highest BCUT2D eigenvalue weighted by atomic mass is 32.2. The Kier molecular flexibility index (Phi) is 5.16. The lowest BCUT2D eigenvalue weighted by Gasteiger charge is -2.34. The number of benzene rings is 1. The van der Waals surface area contributed by atoms with Gasteiger partial charge in [0.2, 0.25) is 15.9 Å². The van der Waals surface area contributed by atoms with Gasteiger partial charge >= 0.3 is 0 Å². The van der Waals surface area contributed by atoms with Crippen molar-refractivity contribution in [3.05, 3.63) is 29.6 Å². The van der Waals surface area contributed by atoms with E-state index in [2.05, 4.69) is 6.92 Å². The van der Waals surface area contributed by atoms with Crippen molar-refractivity contribution in [2.75, 3.05) is 19.6 Å². The topological polar surface area (TPSA) is 57.7 Å². The number of likely N-dealkylation sites (tertiary alicyclic amines) is 1. The van der Waals surface area contributed by atoms with Gasteiger partial charge in [-0.3, -0.25) is 4.79 Å². The summed E-state index contributed by atoms with van der Waals surface area (Å²) in [5.74, 6) is 0.0509.